The first-order valence-electron chi connectivity index (χ1n) is 20.6. The van der Waals surface area contributed by atoms with Crippen LogP contribution >= 0.6 is 11.6 Å². The number of nitrogens with one attached hydrogen (secondary N) is 3. The molecule has 4 fully saturated rings. The van der Waals surface area contributed by atoms with E-state index in [0.717, 1.165) is 48.2 Å². The van der Waals surface area contributed by atoms with E-state index < -0.39 is 18.0 Å². The van der Waals surface area contributed by atoms with Gasteiger partial charge in [-0.25, -0.2) is 23.1 Å². The maximum atomic E-state index is 16.2. The van der Waals surface area contributed by atoms with E-state index in [-0.39, 0.29) is 42.6 Å². The number of imidazole rings is 1. The molecule has 0 bridgehead atoms. The van der Waals surface area contributed by atoms with E-state index in [2.05, 4.69) is 25.8 Å². The largest absolute Gasteiger partial charge is 0.385 e. The second kappa shape index (κ2) is 15.6. The number of piperidine rings is 2. The van der Waals surface area contributed by atoms with Crippen LogP contribution < -0.4 is 25.8 Å². The van der Waals surface area contributed by atoms with E-state index in [1.165, 1.54) is 11.1 Å². The summed E-state index contributed by atoms with van der Waals surface area (Å²) in [6, 6.07) is 11.4. The van der Waals surface area contributed by atoms with Gasteiger partial charge in [0.2, 0.25) is 5.91 Å². The number of carbonyl (C=O) groups is 4. The van der Waals surface area contributed by atoms with E-state index >= 15 is 8.78 Å². The summed E-state index contributed by atoms with van der Waals surface area (Å²) in [7, 11) is 3.36. The van der Waals surface area contributed by atoms with Crippen LogP contribution in [0.5, 0.6) is 0 Å². The Hall–Kier alpha value is -5.39. The lowest BCUT2D eigenvalue weighted by molar-refractivity contribution is -0.136. The molecule has 2 aromatic carbocycles. The van der Waals surface area contributed by atoms with Crippen molar-refractivity contribution in [3.8, 4) is 0 Å². The Kier molecular flexibility index (Phi) is 10.4. The number of anilines is 4. The summed E-state index contributed by atoms with van der Waals surface area (Å²) >= 11 is 6.42. The molecule has 18 heteroatoms. The highest BCUT2D eigenvalue weighted by atomic mass is 35.5. The monoisotopic (exact) mass is 843 g/mol. The Bertz CT molecular complexity index is 2380. The molecule has 5 aliphatic rings. The summed E-state index contributed by atoms with van der Waals surface area (Å²) in [6.07, 6.45) is 5.02. The average Bonchev–Trinajstić information content (AvgIpc) is 3.99. The van der Waals surface area contributed by atoms with Crippen molar-refractivity contribution in [2.75, 3.05) is 81.6 Å². The Balaban J connectivity index is 0.820. The summed E-state index contributed by atoms with van der Waals surface area (Å²) < 4.78 is 33.9. The van der Waals surface area contributed by atoms with Gasteiger partial charge in [0.25, 0.3) is 17.7 Å². The van der Waals surface area contributed by atoms with Crippen LogP contribution in [0.4, 0.5) is 36.5 Å². The van der Waals surface area contributed by atoms with Crippen molar-refractivity contribution in [3.63, 3.8) is 0 Å². The zero-order chi connectivity index (χ0) is 41.9. The van der Waals surface area contributed by atoms with Crippen LogP contribution in [0.2, 0.25) is 5.02 Å². The van der Waals surface area contributed by atoms with E-state index in [4.69, 9.17) is 16.7 Å². The number of urea groups is 1. The Labute approximate surface area is 351 Å². The minimum atomic E-state index is -2.90. The topological polar surface area (TPSA) is 151 Å². The Morgan fingerprint density at radius 1 is 0.933 bits per heavy atom. The highest BCUT2D eigenvalue weighted by molar-refractivity contribution is 6.34. The molecule has 0 saturated carbocycles. The van der Waals surface area contributed by atoms with Crippen LogP contribution in [-0.2, 0) is 17.8 Å². The fourth-order valence-electron chi connectivity index (χ4n) is 9.93. The molecule has 4 aromatic rings. The van der Waals surface area contributed by atoms with Gasteiger partial charge >= 0.3 is 6.03 Å². The molecule has 7 heterocycles. The van der Waals surface area contributed by atoms with Gasteiger partial charge in [0.1, 0.15) is 0 Å². The van der Waals surface area contributed by atoms with Crippen molar-refractivity contribution in [2.45, 2.75) is 57.0 Å². The number of aromatic nitrogens is 3. The number of halogens is 3. The highest BCUT2D eigenvalue weighted by Crippen LogP contribution is 2.44. The van der Waals surface area contributed by atoms with Gasteiger partial charge < -0.3 is 20.4 Å². The molecule has 1 unspecified atom stereocenters. The third-order valence-corrected chi connectivity index (χ3v) is 13.5. The number of amides is 5. The van der Waals surface area contributed by atoms with Gasteiger partial charge in [-0.2, -0.15) is 0 Å². The van der Waals surface area contributed by atoms with Crippen molar-refractivity contribution in [1.82, 2.24) is 39.9 Å². The van der Waals surface area contributed by atoms with Crippen molar-refractivity contribution in [2.24, 2.45) is 5.41 Å². The molecule has 60 heavy (non-hydrogen) atoms. The first kappa shape index (κ1) is 40.0. The van der Waals surface area contributed by atoms with Crippen LogP contribution in [0.3, 0.4) is 0 Å². The first-order valence-corrected chi connectivity index (χ1v) is 21.0. The smallest absolute Gasteiger partial charge is 0.328 e. The van der Waals surface area contributed by atoms with Gasteiger partial charge in [-0.3, -0.25) is 34.4 Å². The number of alkyl halides is 2. The molecule has 316 valence electrons. The maximum Gasteiger partial charge on any atom is 0.328 e. The zero-order valence-corrected chi connectivity index (χ0v) is 34.4. The summed E-state index contributed by atoms with van der Waals surface area (Å²) in [5, 5.41) is 13.2. The summed E-state index contributed by atoms with van der Waals surface area (Å²) in [5.74, 6) is -3.06. The molecule has 0 aliphatic carbocycles. The first-order chi connectivity index (χ1) is 28.9. The third kappa shape index (κ3) is 7.19. The van der Waals surface area contributed by atoms with Gasteiger partial charge in [-0.05, 0) is 86.0 Å². The molecular weight excluding hydrogens is 796 g/mol. The number of likely N-dealkylation sites (tertiary alicyclic amines) is 3. The molecule has 1 spiro atoms. The fourth-order valence-corrected chi connectivity index (χ4v) is 10.1. The minimum Gasteiger partial charge on any atom is -0.385 e. The van der Waals surface area contributed by atoms with Gasteiger partial charge in [0.05, 0.1) is 35.2 Å². The third-order valence-electron chi connectivity index (χ3n) is 13.2. The summed E-state index contributed by atoms with van der Waals surface area (Å²) in [4.78, 5) is 64.0. The van der Waals surface area contributed by atoms with Crippen LogP contribution in [0.25, 0.3) is 5.65 Å². The number of nitrogens with zero attached hydrogens (tertiary/aromatic N) is 8. The number of hydrogen-bond acceptors (Lipinski definition) is 10. The number of rotatable bonds is 8. The minimum absolute atomic E-state index is 0.132. The molecule has 15 nitrogen and oxygen atoms in total. The zero-order valence-electron chi connectivity index (χ0n) is 33.6. The van der Waals surface area contributed by atoms with E-state index in [0.29, 0.717) is 85.7 Å². The number of imide groups is 1. The standard InChI is InChI=1S/C42H48ClF2N11O4/c1-46-30-21-35(50-56-33(38(58)47-2)22-48-37(30)56)54-15-8-28-27(4-3-5-31(28)54)23-51-14-9-34(42(44,45)25-51)52-17-11-41(12-18-52)13-19-53(24-41)39(59)26-6-7-29(43)32(20-26)55-16-10-36(57)49-40(55)60/h3-7,20-22,34,46H,8-19,23-25H2,1-2H3,(H,47,58)(H,49,57,60). The van der Waals surface area contributed by atoms with E-state index in [9.17, 15) is 19.2 Å². The van der Waals surface area contributed by atoms with Crippen LogP contribution in [0.15, 0.2) is 48.7 Å². The Morgan fingerprint density at radius 3 is 2.47 bits per heavy atom. The fraction of sp³-hybridized carbons (Fsp3) is 0.476. The van der Waals surface area contributed by atoms with E-state index in [1.54, 1.807) is 36.8 Å². The van der Waals surface area contributed by atoms with Crippen molar-refractivity contribution in [1.29, 1.82) is 0 Å². The summed E-state index contributed by atoms with van der Waals surface area (Å²) in [5.41, 5.74) is 5.35. The molecule has 5 amide bonds. The second-order valence-electron chi connectivity index (χ2n) is 16.7. The Morgan fingerprint density at radius 2 is 1.72 bits per heavy atom. The predicted molar refractivity (Wildman–Crippen MR) is 222 cm³/mol. The lowest BCUT2D eigenvalue weighted by Crippen LogP contribution is -2.60. The summed E-state index contributed by atoms with van der Waals surface area (Å²) in [6.45, 7) is 3.70. The van der Waals surface area contributed by atoms with Crippen molar-refractivity contribution in [3.05, 3.63) is 76.1 Å². The van der Waals surface area contributed by atoms with Gasteiger partial charge in [-0.15, -0.1) is 5.10 Å². The highest BCUT2D eigenvalue weighted by Gasteiger charge is 2.50. The molecule has 5 aliphatic heterocycles. The van der Waals surface area contributed by atoms with Crippen molar-refractivity contribution >= 4 is 63.9 Å². The van der Waals surface area contributed by atoms with Crippen LogP contribution in [0, 0.1) is 5.41 Å². The van der Waals surface area contributed by atoms with Gasteiger partial charge in [-0.1, -0.05) is 23.7 Å². The number of carbonyl (C=O) groups excluding carboxylic acids is 4. The SMILES string of the molecule is CNC(=O)c1cnc2c(NC)cc(N3CCc4c(CN5CCC(N6CCC7(CCN(C(=O)c8ccc(Cl)c(N9CCC(=O)NC9=O)c8)C7)CC6)C(F)(F)C5)cccc43)nn12. The molecule has 3 N–H and O–H groups in total. The number of hydrogen-bond donors (Lipinski definition) is 3. The molecular formula is C42H48ClF2N11O4. The normalized spacial score (nSPS) is 21.8. The molecule has 2 aromatic heterocycles. The van der Waals surface area contributed by atoms with E-state index in [1.807, 2.05) is 39.0 Å². The number of benzene rings is 2. The van der Waals surface area contributed by atoms with Crippen LogP contribution in [-0.4, -0.2) is 131 Å². The van der Waals surface area contributed by atoms with Crippen molar-refractivity contribution < 1.29 is 28.0 Å². The molecule has 1 atom stereocenters. The quantitative estimate of drug-likeness (QED) is 0.227. The average molecular weight is 844 g/mol. The second-order valence-corrected chi connectivity index (χ2v) is 17.1. The van der Waals surface area contributed by atoms with Gasteiger partial charge in [0, 0.05) is 77.1 Å². The van der Waals surface area contributed by atoms with Crippen LogP contribution in [0.1, 0.15) is 64.1 Å². The lowest BCUT2D eigenvalue weighted by atomic mass is 9.77. The predicted octanol–water partition coefficient (Wildman–Crippen LogP) is 4.76. The molecule has 4 saturated heterocycles. The molecule has 0 radical (unpaired) electrons. The number of fused-ring (bicyclic) bond motifs is 2. The molecule has 9 rings (SSSR count). The van der Waals surface area contributed by atoms with Gasteiger partial charge in [0.15, 0.2) is 17.2 Å². The maximum absolute atomic E-state index is 16.2. The lowest BCUT2D eigenvalue weighted by Gasteiger charge is -2.48.